The lowest BCUT2D eigenvalue weighted by Crippen LogP contribution is -2.27. The summed E-state index contributed by atoms with van der Waals surface area (Å²) in [5, 5.41) is 15.2. The van der Waals surface area contributed by atoms with E-state index < -0.39 is 0 Å². The number of carbonyl (C=O) groups excluding carboxylic acids is 1. The van der Waals surface area contributed by atoms with E-state index in [1.54, 1.807) is 16.4 Å². The van der Waals surface area contributed by atoms with Crippen LogP contribution in [-0.2, 0) is 4.79 Å². The minimum atomic E-state index is -0.0258. The number of thioether (sulfide) groups is 2. The molecule has 3 rings (SSSR count). The van der Waals surface area contributed by atoms with Crippen molar-refractivity contribution in [3.8, 4) is 5.69 Å². The minimum Gasteiger partial charge on any atom is -0.355 e. The van der Waals surface area contributed by atoms with Gasteiger partial charge < -0.3 is 5.32 Å². The number of para-hydroxylation sites is 1. The van der Waals surface area contributed by atoms with Crippen LogP contribution in [0.4, 0.5) is 0 Å². The molecule has 0 aliphatic carbocycles. The number of amides is 1. The van der Waals surface area contributed by atoms with Crippen LogP contribution < -0.4 is 5.32 Å². The predicted molar refractivity (Wildman–Crippen MR) is 105 cm³/mol. The van der Waals surface area contributed by atoms with E-state index in [-0.39, 0.29) is 11.7 Å². The van der Waals surface area contributed by atoms with Gasteiger partial charge in [-0.05, 0) is 41.6 Å². The summed E-state index contributed by atoms with van der Waals surface area (Å²) >= 11 is 3.05. The Balaban J connectivity index is 1.41. The first-order chi connectivity index (χ1) is 12.7. The first-order valence-corrected chi connectivity index (χ1v) is 10.1. The molecular weight excluding hydrogens is 366 g/mol. The number of tetrazole rings is 1. The molecule has 0 fully saturated rings. The number of carbonyl (C=O) groups is 1. The van der Waals surface area contributed by atoms with E-state index in [1.807, 2.05) is 30.3 Å². The standard InChI is InChI=1S/C18H19N5OS2/c1-14-7-9-16(10-8-14)25-12-11-19-17(24)13-26-18-20-21-22-23(18)15-5-3-2-4-6-15/h2-10H,11-13H2,1H3,(H,19,24). The van der Waals surface area contributed by atoms with Gasteiger partial charge in [-0.1, -0.05) is 47.7 Å². The number of benzene rings is 2. The van der Waals surface area contributed by atoms with Crippen LogP contribution in [-0.4, -0.2) is 44.2 Å². The lowest BCUT2D eigenvalue weighted by atomic mass is 10.2. The number of nitrogens with zero attached hydrogens (tertiary/aromatic N) is 4. The lowest BCUT2D eigenvalue weighted by molar-refractivity contribution is -0.118. The maximum Gasteiger partial charge on any atom is 0.230 e. The lowest BCUT2D eigenvalue weighted by Gasteiger charge is -2.06. The van der Waals surface area contributed by atoms with Gasteiger partial charge in [0.2, 0.25) is 11.1 Å². The van der Waals surface area contributed by atoms with E-state index in [2.05, 4.69) is 52.0 Å². The van der Waals surface area contributed by atoms with Gasteiger partial charge in [-0.15, -0.1) is 16.9 Å². The molecular formula is C18H19N5OS2. The molecule has 0 bridgehead atoms. The van der Waals surface area contributed by atoms with Crippen LogP contribution in [0.3, 0.4) is 0 Å². The summed E-state index contributed by atoms with van der Waals surface area (Å²) in [5.74, 6) is 1.09. The number of rotatable bonds is 8. The average molecular weight is 386 g/mol. The Hall–Kier alpha value is -2.32. The highest BCUT2D eigenvalue weighted by Crippen LogP contribution is 2.18. The predicted octanol–water partition coefficient (Wildman–Crippen LogP) is 2.97. The van der Waals surface area contributed by atoms with Crippen LogP contribution in [0.1, 0.15) is 5.56 Å². The van der Waals surface area contributed by atoms with Gasteiger partial charge in [-0.25, -0.2) is 0 Å². The Labute approximate surface area is 160 Å². The first-order valence-electron chi connectivity index (χ1n) is 8.15. The molecule has 1 heterocycles. The van der Waals surface area contributed by atoms with Crippen molar-refractivity contribution in [2.75, 3.05) is 18.1 Å². The zero-order chi connectivity index (χ0) is 18.2. The maximum absolute atomic E-state index is 12.0. The second-order valence-corrected chi connectivity index (χ2v) is 7.62. The fourth-order valence-electron chi connectivity index (χ4n) is 2.18. The molecule has 0 aliphatic rings. The average Bonchev–Trinajstić information content (AvgIpc) is 3.14. The molecule has 0 atom stereocenters. The summed E-state index contributed by atoms with van der Waals surface area (Å²) < 4.78 is 1.63. The van der Waals surface area contributed by atoms with E-state index in [4.69, 9.17) is 0 Å². The van der Waals surface area contributed by atoms with Gasteiger partial charge in [0.1, 0.15) is 0 Å². The van der Waals surface area contributed by atoms with Gasteiger partial charge in [0.05, 0.1) is 11.4 Å². The van der Waals surface area contributed by atoms with Crippen molar-refractivity contribution >= 4 is 29.4 Å². The van der Waals surface area contributed by atoms with Crippen LogP contribution >= 0.6 is 23.5 Å². The number of nitrogens with one attached hydrogen (secondary N) is 1. The highest BCUT2D eigenvalue weighted by molar-refractivity contribution is 7.99. The topological polar surface area (TPSA) is 72.7 Å². The molecule has 0 saturated heterocycles. The van der Waals surface area contributed by atoms with Crippen LogP contribution in [0.2, 0.25) is 0 Å². The van der Waals surface area contributed by atoms with Crippen molar-refractivity contribution in [1.82, 2.24) is 25.5 Å². The van der Waals surface area contributed by atoms with Crippen molar-refractivity contribution in [3.05, 3.63) is 60.2 Å². The van der Waals surface area contributed by atoms with Gasteiger partial charge in [0.15, 0.2) is 0 Å². The monoisotopic (exact) mass is 385 g/mol. The molecule has 26 heavy (non-hydrogen) atoms. The van der Waals surface area contributed by atoms with E-state index in [1.165, 1.54) is 22.2 Å². The van der Waals surface area contributed by atoms with Gasteiger partial charge in [-0.2, -0.15) is 4.68 Å². The highest BCUT2D eigenvalue weighted by atomic mass is 32.2. The summed E-state index contributed by atoms with van der Waals surface area (Å²) in [6.45, 7) is 2.70. The Bertz CT molecular complexity index is 836. The molecule has 1 aromatic heterocycles. The summed E-state index contributed by atoms with van der Waals surface area (Å²) in [5.41, 5.74) is 2.12. The summed E-state index contributed by atoms with van der Waals surface area (Å²) in [7, 11) is 0. The van der Waals surface area contributed by atoms with Crippen LogP contribution in [0.5, 0.6) is 0 Å². The number of aryl methyl sites for hydroxylation is 1. The summed E-state index contributed by atoms with van der Waals surface area (Å²) in [4.78, 5) is 13.2. The van der Waals surface area contributed by atoms with E-state index >= 15 is 0 Å². The zero-order valence-corrected chi connectivity index (χ0v) is 16.0. The second kappa shape index (κ2) is 9.40. The van der Waals surface area contributed by atoms with Gasteiger partial charge in [0, 0.05) is 17.2 Å². The van der Waals surface area contributed by atoms with Crippen LogP contribution in [0.25, 0.3) is 5.69 Å². The molecule has 6 nitrogen and oxygen atoms in total. The fourth-order valence-corrected chi connectivity index (χ4v) is 3.66. The number of hydrogen-bond acceptors (Lipinski definition) is 6. The highest BCUT2D eigenvalue weighted by Gasteiger charge is 2.11. The van der Waals surface area contributed by atoms with Gasteiger partial charge in [-0.3, -0.25) is 4.79 Å². The third-order valence-corrected chi connectivity index (χ3v) is 5.42. The molecule has 3 aromatic rings. The fraction of sp³-hybridized carbons (Fsp3) is 0.222. The second-order valence-electron chi connectivity index (χ2n) is 5.51. The maximum atomic E-state index is 12.0. The number of aromatic nitrogens is 4. The van der Waals surface area contributed by atoms with Crippen molar-refractivity contribution in [2.45, 2.75) is 17.0 Å². The van der Waals surface area contributed by atoms with Crippen molar-refractivity contribution < 1.29 is 4.79 Å². The number of hydrogen-bond donors (Lipinski definition) is 1. The van der Waals surface area contributed by atoms with Crippen LogP contribution in [0, 0.1) is 6.92 Å². The Morgan fingerprint density at radius 2 is 1.85 bits per heavy atom. The molecule has 2 aromatic carbocycles. The van der Waals surface area contributed by atoms with E-state index in [9.17, 15) is 4.79 Å². The molecule has 1 N–H and O–H groups in total. The molecule has 1 amide bonds. The van der Waals surface area contributed by atoms with Crippen molar-refractivity contribution in [2.24, 2.45) is 0 Å². The molecule has 0 aliphatic heterocycles. The molecule has 134 valence electrons. The molecule has 0 saturated carbocycles. The van der Waals surface area contributed by atoms with Gasteiger partial charge >= 0.3 is 0 Å². The zero-order valence-electron chi connectivity index (χ0n) is 14.3. The SMILES string of the molecule is Cc1ccc(SCCNC(=O)CSc2nnnn2-c2ccccc2)cc1. The summed E-state index contributed by atoms with van der Waals surface area (Å²) in [6.07, 6.45) is 0. The van der Waals surface area contributed by atoms with Gasteiger partial charge in [0.25, 0.3) is 0 Å². The van der Waals surface area contributed by atoms with E-state index in [0.717, 1.165) is 11.4 Å². The Morgan fingerprint density at radius 3 is 2.62 bits per heavy atom. The molecule has 0 spiro atoms. The Kier molecular flexibility index (Phi) is 6.68. The first kappa shape index (κ1) is 18.5. The third-order valence-electron chi connectivity index (χ3n) is 3.49. The molecule has 0 radical (unpaired) electrons. The molecule has 8 heteroatoms. The molecule has 0 unspecified atom stereocenters. The smallest absolute Gasteiger partial charge is 0.230 e. The quantitative estimate of drug-likeness (QED) is 0.475. The normalized spacial score (nSPS) is 10.7. The van der Waals surface area contributed by atoms with E-state index in [0.29, 0.717) is 11.7 Å². The largest absolute Gasteiger partial charge is 0.355 e. The van der Waals surface area contributed by atoms with Crippen LogP contribution in [0.15, 0.2) is 64.6 Å². The Morgan fingerprint density at radius 1 is 1.08 bits per heavy atom. The summed E-state index contributed by atoms with van der Waals surface area (Å²) in [6, 6.07) is 18.0. The minimum absolute atomic E-state index is 0.0258. The van der Waals surface area contributed by atoms with Crippen molar-refractivity contribution in [3.63, 3.8) is 0 Å². The third kappa shape index (κ3) is 5.34. The van der Waals surface area contributed by atoms with Crippen molar-refractivity contribution in [1.29, 1.82) is 0 Å².